The van der Waals surface area contributed by atoms with Gasteiger partial charge >= 0.3 is 5.97 Å². The monoisotopic (exact) mass is 326 g/mol. The normalized spacial score (nSPS) is 23.2. The second-order valence-corrected chi connectivity index (χ2v) is 5.97. The molecule has 1 unspecified atom stereocenters. The molecule has 0 radical (unpaired) electrons. The van der Waals surface area contributed by atoms with Gasteiger partial charge in [-0.2, -0.15) is 0 Å². The molecule has 1 amide bonds. The Hall–Kier alpha value is -1.43. The van der Waals surface area contributed by atoms with Crippen LogP contribution in [0, 0.1) is 5.41 Å². The fourth-order valence-electron chi connectivity index (χ4n) is 2.25. The lowest BCUT2D eigenvalue weighted by Crippen LogP contribution is -2.48. The van der Waals surface area contributed by atoms with Crippen molar-refractivity contribution in [2.75, 3.05) is 13.1 Å². The van der Waals surface area contributed by atoms with Gasteiger partial charge in [-0.3, -0.25) is 9.59 Å². The molecule has 2 rings (SSSR count). The van der Waals surface area contributed by atoms with Gasteiger partial charge in [0, 0.05) is 23.8 Å². The zero-order valence-corrected chi connectivity index (χ0v) is 12.2. The van der Waals surface area contributed by atoms with Crippen LogP contribution in [0.1, 0.15) is 30.3 Å². The van der Waals surface area contributed by atoms with E-state index < -0.39 is 11.4 Å². The number of aromatic nitrogens is 1. The molecule has 0 aliphatic carbocycles. The summed E-state index contributed by atoms with van der Waals surface area (Å²) in [5, 5.41) is 9.24. The van der Waals surface area contributed by atoms with Crippen LogP contribution in [0.3, 0.4) is 0 Å². The summed E-state index contributed by atoms with van der Waals surface area (Å²) >= 11 is 3.26. The van der Waals surface area contributed by atoms with E-state index in [1.165, 1.54) is 0 Å². The Kier molecular flexibility index (Phi) is 3.89. The third-order valence-corrected chi connectivity index (χ3v) is 3.92. The van der Waals surface area contributed by atoms with Crippen molar-refractivity contribution < 1.29 is 14.7 Å². The number of carboxylic acid groups (broad SMARTS) is 1. The molecule has 1 fully saturated rings. The molecule has 1 aliphatic heterocycles. The van der Waals surface area contributed by atoms with Gasteiger partial charge in [-0.15, -0.1) is 0 Å². The molecule has 0 aromatic carbocycles. The van der Waals surface area contributed by atoms with E-state index in [1.54, 1.807) is 30.2 Å². The van der Waals surface area contributed by atoms with Gasteiger partial charge in [-0.25, -0.2) is 4.98 Å². The number of carboxylic acids is 1. The number of nitrogens with zero attached hydrogens (tertiary/aromatic N) is 2. The van der Waals surface area contributed by atoms with E-state index in [0.717, 1.165) is 4.47 Å². The second kappa shape index (κ2) is 5.28. The van der Waals surface area contributed by atoms with Gasteiger partial charge in [0.25, 0.3) is 5.91 Å². The van der Waals surface area contributed by atoms with E-state index in [-0.39, 0.29) is 12.5 Å². The maximum atomic E-state index is 12.3. The molecule has 1 aromatic heterocycles. The average Bonchev–Trinajstić information content (AvgIpc) is 2.39. The summed E-state index contributed by atoms with van der Waals surface area (Å²) in [7, 11) is 0. The molecule has 1 saturated heterocycles. The van der Waals surface area contributed by atoms with Crippen LogP contribution in [-0.2, 0) is 4.79 Å². The van der Waals surface area contributed by atoms with E-state index in [9.17, 15) is 14.7 Å². The van der Waals surface area contributed by atoms with Crippen molar-refractivity contribution in [3.63, 3.8) is 0 Å². The van der Waals surface area contributed by atoms with E-state index in [1.807, 2.05) is 0 Å². The van der Waals surface area contributed by atoms with Crippen molar-refractivity contribution in [1.29, 1.82) is 0 Å². The molecule has 102 valence electrons. The SMILES string of the molecule is CC1(C(=O)O)CCCN(C(=O)c2ccc(Br)cn2)C1. The van der Waals surface area contributed by atoms with Crippen LogP contribution in [0.4, 0.5) is 0 Å². The summed E-state index contributed by atoms with van der Waals surface area (Å²) in [6.45, 7) is 2.50. The lowest BCUT2D eigenvalue weighted by Gasteiger charge is -2.37. The number of aliphatic carboxylic acids is 1. The van der Waals surface area contributed by atoms with Crippen LogP contribution in [0.15, 0.2) is 22.8 Å². The Labute approximate surface area is 119 Å². The number of halogens is 1. The van der Waals surface area contributed by atoms with Gasteiger partial charge < -0.3 is 10.0 Å². The summed E-state index contributed by atoms with van der Waals surface area (Å²) < 4.78 is 0.804. The van der Waals surface area contributed by atoms with Crippen molar-refractivity contribution in [2.24, 2.45) is 5.41 Å². The quantitative estimate of drug-likeness (QED) is 0.904. The first-order chi connectivity index (χ1) is 8.92. The van der Waals surface area contributed by atoms with Gasteiger partial charge in [0.15, 0.2) is 0 Å². The highest BCUT2D eigenvalue weighted by Crippen LogP contribution is 2.30. The highest BCUT2D eigenvalue weighted by atomic mass is 79.9. The maximum absolute atomic E-state index is 12.3. The first kappa shape index (κ1) is 14.0. The predicted molar refractivity (Wildman–Crippen MR) is 72.8 cm³/mol. The number of carbonyl (C=O) groups is 2. The van der Waals surface area contributed by atoms with Gasteiger partial charge in [-0.1, -0.05) is 0 Å². The third kappa shape index (κ3) is 2.94. The van der Waals surface area contributed by atoms with Crippen molar-refractivity contribution in [3.8, 4) is 0 Å². The number of piperidine rings is 1. The number of pyridine rings is 1. The van der Waals surface area contributed by atoms with E-state index in [4.69, 9.17) is 0 Å². The molecule has 1 atom stereocenters. The molecule has 19 heavy (non-hydrogen) atoms. The highest BCUT2D eigenvalue weighted by molar-refractivity contribution is 9.10. The first-order valence-electron chi connectivity index (χ1n) is 6.07. The molecule has 2 heterocycles. The summed E-state index contributed by atoms with van der Waals surface area (Å²) in [6.07, 6.45) is 2.86. The summed E-state index contributed by atoms with van der Waals surface area (Å²) in [6, 6.07) is 3.39. The Balaban J connectivity index is 2.15. The minimum Gasteiger partial charge on any atom is -0.481 e. The van der Waals surface area contributed by atoms with Crippen LogP contribution in [0.5, 0.6) is 0 Å². The topological polar surface area (TPSA) is 70.5 Å². The molecule has 1 aliphatic rings. The second-order valence-electron chi connectivity index (χ2n) is 5.06. The summed E-state index contributed by atoms with van der Waals surface area (Å²) in [5.41, 5.74) is -0.513. The van der Waals surface area contributed by atoms with E-state index in [0.29, 0.717) is 25.1 Å². The molecule has 1 aromatic rings. The lowest BCUT2D eigenvalue weighted by atomic mass is 9.82. The number of likely N-dealkylation sites (tertiary alicyclic amines) is 1. The molecular formula is C13H15BrN2O3. The number of amides is 1. The first-order valence-corrected chi connectivity index (χ1v) is 6.86. The standard InChI is InChI=1S/C13H15BrN2O3/c1-13(12(18)19)5-2-6-16(8-13)11(17)10-4-3-9(14)7-15-10/h3-4,7H,2,5-6,8H2,1H3,(H,18,19). The van der Waals surface area contributed by atoms with Crippen molar-refractivity contribution in [1.82, 2.24) is 9.88 Å². The van der Waals surface area contributed by atoms with Crippen LogP contribution in [0.25, 0.3) is 0 Å². The van der Waals surface area contributed by atoms with Crippen molar-refractivity contribution in [3.05, 3.63) is 28.5 Å². The zero-order chi connectivity index (χ0) is 14.0. The Morgan fingerprint density at radius 1 is 1.47 bits per heavy atom. The molecule has 5 nitrogen and oxygen atoms in total. The number of hydrogen-bond acceptors (Lipinski definition) is 3. The van der Waals surface area contributed by atoms with Crippen LogP contribution < -0.4 is 0 Å². The van der Waals surface area contributed by atoms with Crippen molar-refractivity contribution >= 4 is 27.8 Å². The van der Waals surface area contributed by atoms with Crippen molar-refractivity contribution in [2.45, 2.75) is 19.8 Å². The fraction of sp³-hybridized carbons (Fsp3) is 0.462. The number of rotatable bonds is 2. The third-order valence-electron chi connectivity index (χ3n) is 3.45. The molecule has 0 spiro atoms. The zero-order valence-electron chi connectivity index (χ0n) is 10.6. The molecular weight excluding hydrogens is 312 g/mol. The largest absolute Gasteiger partial charge is 0.481 e. The summed E-state index contributed by atoms with van der Waals surface area (Å²) in [4.78, 5) is 29.2. The van der Waals surface area contributed by atoms with E-state index >= 15 is 0 Å². The smallest absolute Gasteiger partial charge is 0.311 e. The minimum absolute atomic E-state index is 0.209. The molecule has 6 heteroatoms. The highest BCUT2D eigenvalue weighted by Gasteiger charge is 2.39. The average molecular weight is 327 g/mol. The summed E-state index contributed by atoms with van der Waals surface area (Å²) in [5.74, 6) is -1.06. The Morgan fingerprint density at radius 2 is 2.21 bits per heavy atom. The Morgan fingerprint density at radius 3 is 2.79 bits per heavy atom. The molecule has 0 saturated carbocycles. The maximum Gasteiger partial charge on any atom is 0.311 e. The van der Waals surface area contributed by atoms with Crippen LogP contribution in [-0.4, -0.2) is 40.0 Å². The van der Waals surface area contributed by atoms with Gasteiger partial charge in [0.1, 0.15) is 5.69 Å². The Bertz CT molecular complexity index is 503. The van der Waals surface area contributed by atoms with Gasteiger partial charge in [0.05, 0.1) is 5.41 Å². The number of hydrogen-bond donors (Lipinski definition) is 1. The van der Waals surface area contributed by atoms with Gasteiger partial charge in [0.2, 0.25) is 0 Å². The minimum atomic E-state index is -0.858. The predicted octanol–water partition coefficient (Wildman–Crippen LogP) is 2.17. The lowest BCUT2D eigenvalue weighted by molar-refractivity contribution is -0.150. The fourth-order valence-corrected chi connectivity index (χ4v) is 2.49. The van der Waals surface area contributed by atoms with Crippen LogP contribution in [0.2, 0.25) is 0 Å². The van der Waals surface area contributed by atoms with Gasteiger partial charge in [-0.05, 0) is 47.8 Å². The van der Waals surface area contributed by atoms with E-state index in [2.05, 4.69) is 20.9 Å². The van der Waals surface area contributed by atoms with Crippen LogP contribution >= 0.6 is 15.9 Å². The number of carbonyl (C=O) groups excluding carboxylic acids is 1. The molecule has 0 bridgehead atoms. The molecule has 1 N–H and O–H groups in total.